The summed E-state index contributed by atoms with van der Waals surface area (Å²) in [4.78, 5) is 0. The molecule has 16 heavy (non-hydrogen) atoms. The van der Waals surface area contributed by atoms with Gasteiger partial charge in [-0.15, -0.1) is 0 Å². The van der Waals surface area contributed by atoms with Crippen LogP contribution in [0, 0.1) is 11.3 Å². The first-order valence-corrected chi connectivity index (χ1v) is 5.41. The van der Waals surface area contributed by atoms with Gasteiger partial charge in [0.15, 0.2) is 0 Å². The molecule has 0 saturated carbocycles. The summed E-state index contributed by atoms with van der Waals surface area (Å²) in [6, 6.07) is 6.90. The van der Waals surface area contributed by atoms with Crippen LogP contribution in [0.25, 0.3) is 0 Å². The Bertz CT molecular complexity index is 418. The van der Waals surface area contributed by atoms with Crippen LogP contribution < -0.4 is 5.32 Å². The van der Waals surface area contributed by atoms with Crippen molar-refractivity contribution >= 4 is 17.3 Å². The van der Waals surface area contributed by atoms with Crippen molar-refractivity contribution in [3.8, 4) is 6.07 Å². The molecule has 3 nitrogen and oxygen atoms in total. The number of benzene rings is 1. The molecule has 4 heteroatoms. The van der Waals surface area contributed by atoms with Gasteiger partial charge in [-0.05, 0) is 39.0 Å². The number of hydrogen-bond acceptors (Lipinski definition) is 3. The monoisotopic (exact) mass is 238 g/mol. The lowest BCUT2D eigenvalue weighted by molar-refractivity contribution is 0.0649. The molecule has 86 valence electrons. The standard InChI is InChI=1S/C12H15ClN2O/c1-8(12(2,3)16)15-11-6-10(13)5-4-9(11)7-14/h4-6,8,15-16H,1-3H3. The molecule has 0 aromatic heterocycles. The fourth-order valence-electron chi connectivity index (χ4n) is 1.14. The molecule has 1 unspecified atom stereocenters. The van der Waals surface area contributed by atoms with Crippen molar-refractivity contribution in [1.82, 2.24) is 0 Å². The summed E-state index contributed by atoms with van der Waals surface area (Å²) in [6.45, 7) is 5.27. The van der Waals surface area contributed by atoms with Crippen LogP contribution in [0.5, 0.6) is 0 Å². The number of anilines is 1. The molecule has 0 heterocycles. The van der Waals surface area contributed by atoms with Gasteiger partial charge in [-0.2, -0.15) is 5.26 Å². The molecule has 0 saturated heterocycles. The highest BCUT2D eigenvalue weighted by molar-refractivity contribution is 6.30. The highest BCUT2D eigenvalue weighted by Gasteiger charge is 2.22. The molecular weight excluding hydrogens is 224 g/mol. The second-order valence-corrected chi connectivity index (χ2v) is 4.76. The van der Waals surface area contributed by atoms with E-state index in [0.29, 0.717) is 16.3 Å². The smallest absolute Gasteiger partial charge is 0.101 e. The summed E-state index contributed by atoms with van der Waals surface area (Å²) in [5.41, 5.74) is 0.291. The molecule has 0 aliphatic rings. The molecule has 0 aliphatic heterocycles. The number of hydrogen-bond donors (Lipinski definition) is 2. The summed E-state index contributed by atoms with van der Waals surface area (Å²) >= 11 is 5.86. The van der Waals surface area contributed by atoms with Gasteiger partial charge < -0.3 is 10.4 Å². The van der Waals surface area contributed by atoms with Gasteiger partial charge in [0.25, 0.3) is 0 Å². The van der Waals surface area contributed by atoms with E-state index in [0.717, 1.165) is 0 Å². The zero-order valence-electron chi connectivity index (χ0n) is 9.58. The Hall–Kier alpha value is -1.24. The topological polar surface area (TPSA) is 56.0 Å². The van der Waals surface area contributed by atoms with E-state index in [2.05, 4.69) is 11.4 Å². The minimum atomic E-state index is -0.866. The minimum Gasteiger partial charge on any atom is -0.388 e. The highest BCUT2D eigenvalue weighted by Crippen LogP contribution is 2.23. The van der Waals surface area contributed by atoms with Crippen molar-refractivity contribution in [2.24, 2.45) is 0 Å². The molecule has 0 aliphatic carbocycles. The third-order valence-electron chi connectivity index (χ3n) is 2.53. The lowest BCUT2D eigenvalue weighted by Crippen LogP contribution is -2.39. The average Bonchev–Trinajstić information content (AvgIpc) is 2.16. The molecule has 1 aromatic rings. The van der Waals surface area contributed by atoms with Crippen LogP contribution in [0.2, 0.25) is 5.02 Å². The number of nitrogens with one attached hydrogen (secondary N) is 1. The lowest BCUT2D eigenvalue weighted by atomic mass is 10.00. The fraction of sp³-hybridized carbons (Fsp3) is 0.417. The molecule has 1 atom stereocenters. The normalized spacial score (nSPS) is 13.0. The van der Waals surface area contributed by atoms with Gasteiger partial charge in [-0.1, -0.05) is 11.6 Å². The second-order valence-electron chi connectivity index (χ2n) is 4.32. The molecule has 2 N–H and O–H groups in total. The number of aliphatic hydroxyl groups is 1. The Morgan fingerprint density at radius 3 is 2.62 bits per heavy atom. The van der Waals surface area contributed by atoms with Crippen molar-refractivity contribution < 1.29 is 5.11 Å². The number of halogens is 1. The summed E-state index contributed by atoms with van der Waals surface area (Å²) in [7, 11) is 0. The van der Waals surface area contributed by atoms with Gasteiger partial charge in [0.05, 0.1) is 22.9 Å². The predicted octanol–water partition coefficient (Wildman–Crippen LogP) is 2.78. The molecule has 0 fully saturated rings. The van der Waals surface area contributed by atoms with Crippen LogP contribution in [0.1, 0.15) is 26.3 Å². The molecule has 0 spiro atoms. The zero-order chi connectivity index (χ0) is 12.3. The van der Waals surface area contributed by atoms with Crippen LogP contribution in [0.15, 0.2) is 18.2 Å². The van der Waals surface area contributed by atoms with Crippen LogP contribution in [0.3, 0.4) is 0 Å². The van der Waals surface area contributed by atoms with E-state index < -0.39 is 5.60 Å². The summed E-state index contributed by atoms with van der Waals surface area (Å²) in [6.07, 6.45) is 0. The van der Waals surface area contributed by atoms with Crippen molar-refractivity contribution in [3.05, 3.63) is 28.8 Å². The van der Waals surface area contributed by atoms with Gasteiger partial charge in [-0.25, -0.2) is 0 Å². The predicted molar refractivity (Wildman–Crippen MR) is 65.5 cm³/mol. The molecule has 0 amide bonds. The Labute approximate surface area is 101 Å². The van der Waals surface area contributed by atoms with E-state index in [1.54, 1.807) is 32.0 Å². The summed E-state index contributed by atoms with van der Waals surface area (Å²) in [5, 5.41) is 22.4. The van der Waals surface area contributed by atoms with E-state index >= 15 is 0 Å². The third kappa shape index (κ3) is 3.13. The number of nitrogens with zero attached hydrogens (tertiary/aromatic N) is 1. The number of nitriles is 1. The maximum atomic E-state index is 9.80. The summed E-state index contributed by atoms with van der Waals surface area (Å²) in [5.74, 6) is 0. The molecule has 0 radical (unpaired) electrons. The Kier molecular flexibility index (Phi) is 3.79. The minimum absolute atomic E-state index is 0.182. The van der Waals surface area contributed by atoms with E-state index in [4.69, 9.17) is 16.9 Å². The van der Waals surface area contributed by atoms with Crippen LogP contribution in [-0.2, 0) is 0 Å². The molecule has 0 bridgehead atoms. The van der Waals surface area contributed by atoms with E-state index in [9.17, 15) is 5.11 Å². The molecular formula is C12H15ClN2O. The highest BCUT2D eigenvalue weighted by atomic mass is 35.5. The van der Waals surface area contributed by atoms with E-state index in [1.807, 2.05) is 6.92 Å². The first kappa shape index (κ1) is 12.8. The van der Waals surface area contributed by atoms with Crippen molar-refractivity contribution in [2.75, 3.05) is 5.32 Å². The number of rotatable bonds is 3. The van der Waals surface area contributed by atoms with Gasteiger partial charge in [0.1, 0.15) is 6.07 Å². The zero-order valence-corrected chi connectivity index (χ0v) is 10.3. The Balaban J connectivity index is 2.97. The van der Waals surface area contributed by atoms with Gasteiger partial charge in [-0.3, -0.25) is 0 Å². The van der Waals surface area contributed by atoms with Crippen LogP contribution in [0.4, 0.5) is 5.69 Å². The van der Waals surface area contributed by atoms with Gasteiger partial charge in [0.2, 0.25) is 0 Å². The second kappa shape index (κ2) is 4.73. The van der Waals surface area contributed by atoms with Crippen molar-refractivity contribution in [3.63, 3.8) is 0 Å². The van der Waals surface area contributed by atoms with Crippen LogP contribution in [-0.4, -0.2) is 16.7 Å². The lowest BCUT2D eigenvalue weighted by Gasteiger charge is -2.28. The third-order valence-corrected chi connectivity index (χ3v) is 2.77. The van der Waals surface area contributed by atoms with E-state index in [1.165, 1.54) is 0 Å². The van der Waals surface area contributed by atoms with Crippen LogP contribution >= 0.6 is 11.6 Å². The SMILES string of the molecule is CC(Nc1cc(Cl)ccc1C#N)C(C)(C)O. The van der Waals surface area contributed by atoms with Gasteiger partial charge in [0, 0.05) is 5.02 Å². The van der Waals surface area contributed by atoms with Crippen molar-refractivity contribution in [2.45, 2.75) is 32.4 Å². The average molecular weight is 239 g/mol. The summed E-state index contributed by atoms with van der Waals surface area (Å²) < 4.78 is 0. The maximum absolute atomic E-state index is 9.80. The first-order valence-electron chi connectivity index (χ1n) is 5.03. The maximum Gasteiger partial charge on any atom is 0.101 e. The first-order chi connectivity index (χ1) is 7.34. The Morgan fingerprint density at radius 1 is 1.50 bits per heavy atom. The Morgan fingerprint density at radius 2 is 2.12 bits per heavy atom. The van der Waals surface area contributed by atoms with Crippen molar-refractivity contribution in [1.29, 1.82) is 5.26 Å². The van der Waals surface area contributed by atoms with Gasteiger partial charge >= 0.3 is 0 Å². The largest absolute Gasteiger partial charge is 0.388 e. The molecule has 1 aromatic carbocycles. The molecule has 1 rings (SSSR count). The quantitative estimate of drug-likeness (QED) is 0.852. The fourth-order valence-corrected chi connectivity index (χ4v) is 1.32. The van der Waals surface area contributed by atoms with E-state index in [-0.39, 0.29) is 6.04 Å².